The van der Waals surface area contributed by atoms with Gasteiger partial charge in [-0.1, -0.05) is 0 Å². The molecule has 0 spiro atoms. The molecule has 0 saturated carbocycles. The molecule has 3 N–H and O–H groups in total. The first kappa shape index (κ1) is 19.7. The highest BCUT2D eigenvalue weighted by molar-refractivity contribution is 5.99. The van der Waals surface area contributed by atoms with E-state index in [2.05, 4.69) is 15.6 Å². The average molecular weight is 317 g/mol. The maximum Gasteiger partial charge on any atom is 0.437 e. The van der Waals surface area contributed by atoms with Gasteiger partial charge in [0.05, 0.1) is 0 Å². The maximum atomic E-state index is 11.6. The molecule has 0 aromatic heterocycles. The molecule has 0 aliphatic rings. The molecule has 0 radical (unpaired) electrons. The van der Waals surface area contributed by atoms with Crippen LogP contribution in [0.15, 0.2) is 4.99 Å². The van der Waals surface area contributed by atoms with E-state index in [1.54, 1.807) is 41.5 Å². The van der Waals surface area contributed by atoms with Crippen molar-refractivity contribution in [2.24, 2.45) is 4.99 Å². The van der Waals surface area contributed by atoms with Gasteiger partial charge < -0.3 is 19.9 Å². The van der Waals surface area contributed by atoms with E-state index in [1.807, 2.05) is 0 Å². The lowest BCUT2D eigenvalue weighted by Crippen LogP contribution is -2.45. The summed E-state index contributed by atoms with van der Waals surface area (Å²) < 4.78 is 9.94. The molecule has 9 nitrogen and oxygen atoms in total. The van der Waals surface area contributed by atoms with Crippen LogP contribution < -0.4 is 10.6 Å². The first-order valence-electron chi connectivity index (χ1n) is 6.56. The minimum atomic E-state index is -1.19. The number of rotatable bonds is 2. The molecule has 9 heteroatoms. The van der Waals surface area contributed by atoms with Gasteiger partial charge in [-0.2, -0.15) is 0 Å². The van der Waals surface area contributed by atoms with Gasteiger partial charge in [0.2, 0.25) is 5.96 Å². The molecule has 0 aliphatic heterocycles. The van der Waals surface area contributed by atoms with E-state index in [-0.39, 0.29) is 5.96 Å². The van der Waals surface area contributed by atoms with Crippen LogP contribution in [0.1, 0.15) is 41.5 Å². The minimum Gasteiger partial charge on any atom is -0.480 e. The third-order valence-electron chi connectivity index (χ3n) is 1.62. The molecule has 0 fully saturated rings. The number of amides is 2. The Morgan fingerprint density at radius 3 is 1.91 bits per heavy atom. The smallest absolute Gasteiger partial charge is 0.437 e. The standard InChI is InChI=1S/C13H23N3O6/c1-12(2,3)21-10(19)15-9(14-7-8(17)18)16-11(20)22-13(4,5)6/h7H2,1-6H3,(H,17,18)(H2,14,15,16,19,20). The van der Waals surface area contributed by atoms with E-state index in [4.69, 9.17) is 14.6 Å². The van der Waals surface area contributed by atoms with E-state index >= 15 is 0 Å². The Labute approximate surface area is 129 Å². The number of nitrogens with zero attached hydrogens (tertiary/aromatic N) is 1. The van der Waals surface area contributed by atoms with Crippen LogP contribution in [-0.2, 0) is 14.3 Å². The van der Waals surface area contributed by atoms with Crippen LogP contribution in [0.25, 0.3) is 0 Å². The van der Waals surface area contributed by atoms with Gasteiger partial charge in [-0.25, -0.2) is 9.59 Å². The van der Waals surface area contributed by atoms with Gasteiger partial charge in [-0.05, 0) is 41.5 Å². The molecule has 22 heavy (non-hydrogen) atoms. The van der Waals surface area contributed by atoms with Crippen molar-refractivity contribution in [3.05, 3.63) is 0 Å². The van der Waals surface area contributed by atoms with Crippen molar-refractivity contribution in [2.45, 2.75) is 52.7 Å². The first-order valence-corrected chi connectivity index (χ1v) is 6.56. The fraction of sp³-hybridized carbons (Fsp3) is 0.692. The highest BCUT2D eigenvalue weighted by Crippen LogP contribution is 2.08. The number of carbonyl (C=O) groups excluding carboxylic acids is 2. The predicted octanol–water partition coefficient (Wildman–Crippen LogP) is 1.48. The topological polar surface area (TPSA) is 126 Å². The number of hydrogen-bond donors (Lipinski definition) is 3. The SMILES string of the molecule is CC(C)(C)OC(=O)N=C(NCC(=O)O)NC(=O)OC(C)(C)C. The summed E-state index contributed by atoms with van der Waals surface area (Å²) in [6.07, 6.45) is -1.86. The Hall–Kier alpha value is -2.32. The Morgan fingerprint density at radius 1 is 1.00 bits per heavy atom. The molecule has 0 bridgehead atoms. The highest BCUT2D eigenvalue weighted by Gasteiger charge is 2.20. The summed E-state index contributed by atoms with van der Waals surface area (Å²) in [4.78, 5) is 37.2. The van der Waals surface area contributed by atoms with Crippen molar-refractivity contribution in [2.75, 3.05) is 6.54 Å². The second-order valence-corrected chi connectivity index (χ2v) is 6.31. The van der Waals surface area contributed by atoms with Crippen LogP contribution in [0.2, 0.25) is 0 Å². The summed E-state index contributed by atoms with van der Waals surface area (Å²) in [5.41, 5.74) is -1.53. The lowest BCUT2D eigenvalue weighted by molar-refractivity contribution is -0.135. The number of carbonyl (C=O) groups is 3. The Kier molecular flexibility index (Phi) is 6.82. The number of alkyl carbamates (subject to hydrolysis) is 1. The summed E-state index contributed by atoms with van der Waals surface area (Å²) in [5.74, 6) is -1.56. The lowest BCUT2D eigenvalue weighted by atomic mass is 10.2. The molecule has 0 rings (SSSR count). The summed E-state index contributed by atoms with van der Waals surface area (Å²) in [7, 11) is 0. The van der Waals surface area contributed by atoms with E-state index in [1.165, 1.54) is 0 Å². The summed E-state index contributed by atoms with van der Waals surface area (Å²) >= 11 is 0. The summed E-state index contributed by atoms with van der Waals surface area (Å²) in [5, 5.41) is 13.1. The second-order valence-electron chi connectivity index (χ2n) is 6.31. The molecule has 0 atom stereocenters. The van der Waals surface area contributed by atoms with E-state index < -0.39 is 35.9 Å². The average Bonchev–Trinajstić information content (AvgIpc) is 2.19. The molecule has 0 saturated heterocycles. The summed E-state index contributed by atoms with van der Waals surface area (Å²) in [6, 6.07) is 0. The van der Waals surface area contributed by atoms with Crippen molar-refractivity contribution >= 4 is 24.1 Å². The Morgan fingerprint density at radius 2 is 1.50 bits per heavy atom. The normalized spacial score (nSPS) is 12.4. The minimum absolute atomic E-state index is 0.370. The van der Waals surface area contributed by atoms with Gasteiger partial charge in [0.1, 0.15) is 17.7 Å². The fourth-order valence-electron chi connectivity index (χ4n) is 1.05. The number of guanidine groups is 1. The van der Waals surface area contributed by atoms with Gasteiger partial charge in [-0.15, -0.1) is 4.99 Å². The van der Waals surface area contributed by atoms with Gasteiger partial charge in [0.25, 0.3) is 0 Å². The molecular weight excluding hydrogens is 294 g/mol. The van der Waals surface area contributed by atoms with Crippen LogP contribution in [0, 0.1) is 0 Å². The van der Waals surface area contributed by atoms with Gasteiger partial charge >= 0.3 is 18.2 Å². The number of aliphatic imine (C=N–C) groups is 1. The molecule has 0 unspecified atom stereocenters. The predicted molar refractivity (Wildman–Crippen MR) is 78.7 cm³/mol. The number of hydrogen-bond acceptors (Lipinski definition) is 5. The third kappa shape index (κ3) is 11.5. The molecular formula is C13H23N3O6. The van der Waals surface area contributed by atoms with Gasteiger partial charge in [0, 0.05) is 0 Å². The third-order valence-corrected chi connectivity index (χ3v) is 1.62. The first-order chi connectivity index (χ1) is 9.78. The number of carboxylic acid groups (broad SMARTS) is 1. The van der Waals surface area contributed by atoms with Gasteiger partial charge in [0.15, 0.2) is 0 Å². The van der Waals surface area contributed by atoms with Crippen molar-refractivity contribution < 1.29 is 29.0 Å². The van der Waals surface area contributed by atoms with Crippen LogP contribution in [0.5, 0.6) is 0 Å². The maximum absolute atomic E-state index is 11.6. The number of nitrogens with one attached hydrogen (secondary N) is 2. The van der Waals surface area contributed by atoms with Crippen molar-refractivity contribution in [3.63, 3.8) is 0 Å². The lowest BCUT2D eigenvalue weighted by Gasteiger charge is -2.20. The van der Waals surface area contributed by atoms with Crippen LogP contribution in [0.3, 0.4) is 0 Å². The molecule has 0 heterocycles. The Bertz CT molecular complexity index is 459. The highest BCUT2D eigenvalue weighted by atomic mass is 16.6. The molecule has 0 aromatic carbocycles. The summed E-state index contributed by atoms with van der Waals surface area (Å²) in [6.45, 7) is 9.35. The van der Waals surface area contributed by atoms with E-state index in [0.29, 0.717) is 0 Å². The van der Waals surface area contributed by atoms with Crippen LogP contribution in [-0.4, -0.2) is 47.0 Å². The monoisotopic (exact) mass is 317 g/mol. The zero-order chi connectivity index (χ0) is 17.6. The fourth-order valence-corrected chi connectivity index (χ4v) is 1.05. The second kappa shape index (κ2) is 7.62. The largest absolute Gasteiger partial charge is 0.480 e. The quantitative estimate of drug-likeness (QED) is 0.520. The molecule has 126 valence electrons. The zero-order valence-electron chi connectivity index (χ0n) is 13.6. The van der Waals surface area contributed by atoms with Crippen molar-refractivity contribution in [1.29, 1.82) is 0 Å². The van der Waals surface area contributed by atoms with E-state index in [0.717, 1.165) is 0 Å². The number of ether oxygens (including phenoxy) is 2. The van der Waals surface area contributed by atoms with Crippen molar-refractivity contribution in [3.8, 4) is 0 Å². The van der Waals surface area contributed by atoms with E-state index in [9.17, 15) is 14.4 Å². The van der Waals surface area contributed by atoms with Crippen molar-refractivity contribution in [1.82, 2.24) is 10.6 Å². The molecule has 0 aliphatic carbocycles. The Balaban J connectivity index is 4.92. The zero-order valence-corrected chi connectivity index (χ0v) is 13.6. The van der Waals surface area contributed by atoms with Crippen LogP contribution >= 0.6 is 0 Å². The number of carboxylic acids is 1. The number of aliphatic carboxylic acids is 1. The molecule has 2 amide bonds. The van der Waals surface area contributed by atoms with Gasteiger partial charge in [-0.3, -0.25) is 10.1 Å². The molecule has 0 aromatic rings. The van der Waals surface area contributed by atoms with Crippen LogP contribution in [0.4, 0.5) is 9.59 Å².